The summed E-state index contributed by atoms with van der Waals surface area (Å²) in [5.74, 6) is -0.302. The van der Waals surface area contributed by atoms with Crippen molar-refractivity contribution in [1.82, 2.24) is 14.7 Å². The Hall–Kier alpha value is -2.73. The lowest BCUT2D eigenvalue weighted by Gasteiger charge is -2.37. The molecule has 1 aromatic heterocycles. The second-order valence-electron chi connectivity index (χ2n) is 9.27. The van der Waals surface area contributed by atoms with Crippen LogP contribution in [0.4, 0.5) is 4.39 Å². The molecule has 156 valence electrons. The van der Waals surface area contributed by atoms with Gasteiger partial charge >= 0.3 is 0 Å². The summed E-state index contributed by atoms with van der Waals surface area (Å²) < 4.78 is 16.9. The molecular formula is C24H26FN3O2. The maximum absolute atomic E-state index is 15.1. The number of aromatic nitrogens is 2. The first-order valence-electron chi connectivity index (χ1n) is 10.4. The molecule has 3 aromatic rings. The van der Waals surface area contributed by atoms with Gasteiger partial charge in [-0.15, -0.1) is 0 Å². The first-order valence-corrected chi connectivity index (χ1v) is 10.4. The van der Waals surface area contributed by atoms with E-state index in [2.05, 4.69) is 5.10 Å². The number of nitrogens with zero attached hydrogens (tertiary/aromatic N) is 3. The van der Waals surface area contributed by atoms with Crippen molar-refractivity contribution in [1.29, 1.82) is 0 Å². The molecule has 6 heteroatoms. The van der Waals surface area contributed by atoms with Gasteiger partial charge in [0.05, 0.1) is 28.4 Å². The third kappa shape index (κ3) is 2.85. The first kappa shape index (κ1) is 19.2. The highest BCUT2D eigenvalue weighted by molar-refractivity contribution is 6.05. The molecule has 30 heavy (non-hydrogen) atoms. The third-order valence-corrected chi connectivity index (χ3v) is 6.51. The quantitative estimate of drug-likeness (QED) is 0.705. The fourth-order valence-electron chi connectivity index (χ4n) is 5.12. The lowest BCUT2D eigenvalue weighted by molar-refractivity contribution is -0.0224. The molecule has 2 aliphatic rings. The van der Waals surface area contributed by atoms with E-state index in [1.165, 1.54) is 6.07 Å². The van der Waals surface area contributed by atoms with Crippen molar-refractivity contribution in [3.05, 3.63) is 53.0 Å². The molecule has 0 spiro atoms. The average molecular weight is 407 g/mol. The number of aliphatic hydroxyl groups is 1. The van der Waals surface area contributed by atoms with Gasteiger partial charge in [0.1, 0.15) is 5.82 Å². The van der Waals surface area contributed by atoms with Crippen LogP contribution < -0.4 is 0 Å². The molecule has 2 heterocycles. The highest BCUT2D eigenvalue weighted by atomic mass is 19.1. The minimum absolute atomic E-state index is 0.193. The van der Waals surface area contributed by atoms with E-state index >= 15 is 4.39 Å². The first-order chi connectivity index (χ1) is 14.2. The summed E-state index contributed by atoms with van der Waals surface area (Å²) >= 11 is 0. The van der Waals surface area contributed by atoms with Crippen molar-refractivity contribution >= 4 is 16.8 Å². The number of rotatable bonds is 4. The number of hydrogen-bond acceptors (Lipinski definition) is 3. The summed E-state index contributed by atoms with van der Waals surface area (Å²) in [7, 11) is 1.88. The minimum Gasteiger partial charge on any atom is -0.388 e. The van der Waals surface area contributed by atoms with Crippen molar-refractivity contribution in [2.75, 3.05) is 0 Å². The standard InChI is InChI=1S/C24H26FN3O2/c1-13-17-11-15(8-10-19(17)27(4)26-13)20-18(25)9-7-16-12-28(23(29)21(16)20)22(14-5-6-14)24(2,3)30/h7-11,14,22,30H,5-6,12H2,1-4H3/t22-/m1/s1. The van der Waals surface area contributed by atoms with Gasteiger partial charge < -0.3 is 10.0 Å². The van der Waals surface area contributed by atoms with Gasteiger partial charge in [-0.1, -0.05) is 12.1 Å². The maximum atomic E-state index is 15.1. The summed E-state index contributed by atoms with van der Waals surface area (Å²) in [6.45, 7) is 5.84. The van der Waals surface area contributed by atoms with Crippen molar-refractivity contribution in [3.8, 4) is 11.1 Å². The van der Waals surface area contributed by atoms with Crippen LogP contribution >= 0.6 is 0 Å². The number of aryl methyl sites for hydroxylation is 2. The largest absolute Gasteiger partial charge is 0.388 e. The van der Waals surface area contributed by atoms with Gasteiger partial charge in [0, 0.05) is 24.5 Å². The van der Waals surface area contributed by atoms with Crippen LogP contribution in [0.25, 0.3) is 22.0 Å². The fourth-order valence-corrected chi connectivity index (χ4v) is 5.12. The Bertz CT molecular complexity index is 1190. The molecule has 1 saturated carbocycles. The van der Waals surface area contributed by atoms with Crippen LogP contribution in [-0.4, -0.2) is 37.3 Å². The normalized spacial score (nSPS) is 17.7. The predicted molar refractivity (Wildman–Crippen MR) is 114 cm³/mol. The third-order valence-electron chi connectivity index (χ3n) is 6.51. The molecule has 0 radical (unpaired) electrons. The van der Waals surface area contributed by atoms with Gasteiger partial charge in [-0.25, -0.2) is 4.39 Å². The van der Waals surface area contributed by atoms with E-state index in [-0.39, 0.29) is 11.9 Å². The van der Waals surface area contributed by atoms with Crippen LogP contribution in [0.3, 0.4) is 0 Å². The maximum Gasteiger partial charge on any atom is 0.255 e. The smallest absolute Gasteiger partial charge is 0.255 e. The van der Waals surface area contributed by atoms with Crippen molar-refractivity contribution < 1.29 is 14.3 Å². The summed E-state index contributed by atoms with van der Waals surface area (Å²) in [6.07, 6.45) is 2.01. The summed E-state index contributed by atoms with van der Waals surface area (Å²) in [6, 6.07) is 8.57. The fraction of sp³-hybridized carbons (Fsp3) is 0.417. The van der Waals surface area contributed by atoms with Crippen molar-refractivity contribution in [2.45, 2.75) is 51.8 Å². The molecule has 1 N–H and O–H groups in total. The molecule has 1 amide bonds. The van der Waals surface area contributed by atoms with E-state index in [4.69, 9.17) is 0 Å². The van der Waals surface area contributed by atoms with E-state index in [0.29, 0.717) is 29.2 Å². The van der Waals surface area contributed by atoms with Gasteiger partial charge in [-0.2, -0.15) is 5.10 Å². The zero-order valence-corrected chi connectivity index (χ0v) is 17.7. The molecule has 5 rings (SSSR count). The van der Waals surface area contributed by atoms with E-state index in [1.54, 1.807) is 29.5 Å². The van der Waals surface area contributed by atoms with Crippen LogP contribution in [-0.2, 0) is 13.6 Å². The van der Waals surface area contributed by atoms with Crippen LogP contribution in [0.1, 0.15) is 48.3 Å². The molecule has 1 atom stereocenters. The van der Waals surface area contributed by atoms with E-state index in [9.17, 15) is 9.90 Å². The SMILES string of the molecule is Cc1nn(C)c2ccc(-c3c(F)ccc4c3C(=O)N([C@H](C3CC3)C(C)(C)O)C4)cc12. The van der Waals surface area contributed by atoms with Crippen molar-refractivity contribution in [3.63, 3.8) is 0 Å². The molecule has 1 aliphatic carbocycles. The number of carbonyl (C=O) groups is 1. The highest BCUT2D eigenvalue weighted by Crippen LogP contribution is 2.44. The Labute approximate surface area is 175 Å². The van der Waals surface area contributed by atoms with Crippen LogP contribution in [0, 0.1) is 18.7 Å². The number of carbonyl (C=O) groups excluding carboxylic acids is 1. The monoisotopic (exact) mass is 407 g/mol. The number of amides is 1. The van der Waals surface area contributed by atoms with Gasteiger partial charge in [-0.3, -0.25) is 9.48 Å². The van der Waals surface area contributed by atoms with Gasteiger partial charge in [0.25, 0.3) is 5.91 Å². The van der Waals surface area contributed by atoms with Crippen LogP contribution in [0.2, 0.25) is 0 Å². The van der Waals surface area contributed by atoms with Gasteiger partial charge in [-0.05, 0) is 68.9 Å². The zero-order chi connectivity index (χ0) is 21.4. The van der Waals surface area contributed by atoms with E-state index in [0.717, 1.165) is 35.0 Å². The summed E-state index contributed by atoms with van der Waals surface area (Å²) in [4.78, 5) is 15.3. The molecule has 1 aliphatic heterocycles. The Kier molecular flexibility index (Phi) is 4.09. The number of fused-ring (bicyclic) bond motifs is 2. The average Bonchev–Trinajstić information content (AvgIpc) is 3.39. The highest BCUT2D eigenvalue weighted by Gasteiger charge is 2.48. The molecule has 0 unspecified atom stereocenters. The van der Waals surface area contributed by atoms with Crippen molar-refractivity contribution in [2.24, 2.45) is 13.0 Å². The van der Waals surface area contributed by atoms with Gasteiger partial charge in [0.15, 0.2) is 0 Å². The zero-order valence-electron chi connectivity index (χ0n) is 17.7. The topological polar surface area (TPSA) is 58.4 Å². The minimum atomic E-state index is -1.01. The van der Waals surface area contributed by atoms with Gasteiger partial charge in [0.2, 0.25) is 0 Å². The summed E-state index contributed by atoms with van der Waals surface area (Å²) in [5, 5.41) is 16.1. The van der Waals surface area contributed by atoms with E-state index in [1.807, 2.05) is 32.2 Å². The molecule has 1 fully saturated rings. The lowest BCUT2D eigenvalue weighted by atomic mass is 9.92. The van der Waals surface area contributed by atoms with Crippen LogP contribution in [0.15, 0.2) is 30.3 Å². The molecule has 5 nitrogen and oxygen atoms in total. The second-order valence-corrected chi connectivity index (χ2v) is 9.27. The Balaban J connectivity index is 1.64. The Morgan fingerprint density at radius 3 is 2.60 bits per heavy atom. The second kappa shape index (κ2) is 6.38. The molecular weight excluding hydrogens is 381 g/mol. The Morgan fingerprint density at radius 1 is 1.20 bits per heavy atom. The Morgan fingerprint density at radius 2 is 1.93 bits per heavy atom. The molecule has 0 bridgehead atoms. The number of benzene rings is 2. The predicted octanol–water partition coefficient (Wildman–Crippen LogP) is 4.19. The molecule has 2 aromatic carbocycles. The molecule has 0 saturated heterocycles. The number of halogens is 1. The number of hydrogen-bond donors (Lipinski definition) is 1. The van der Waals surface area contributed by atoms with Crippen LogP contribution in [0.5, 0.6) is 0 Å². The summed E-state index contributed by atoms with van der Waals surface area (Å²) in [5.41, 5.74) is 3.08. The lowest BCUT2D eigenvalue weighted by Crippen LogP contribution is -2.51. The van der Waals surface area contributed by atoms with E-state index < -0.39 is 11.4 Å².